The second-order valence-corrected chi connectivity index (χ2v) is 6.86. The van der Waals surface area contributed by atoms with Gasteiger partial charge in [0.1, 0.15) is 0 Å². The van der Waals surface area contributed by atoms with Crippen LogP contribution in [0.1, 0.15) is 38.5 Å². The van der Waals surface area contributed by atoms with Crippen molar-refractivity contribution in [3.63, 3.8) is 0 Å². The molecule has 0 unspecified atom stereocenters. The first-order chi connectivity index (χ1) is 10.2. The monoisotopic (exact) mass is 308 g/mol. The van der Waals surface area contributed by atoms with E-state index in [-0.39, 0.29) is 0 Å². The van der Waals surface area contributed by atoms with E-state index < -0.39 is 0 Å². The number of likely N-dealkylation sites (tertiary alicyclic amines) is 1. The first-order valence-electron chi connectivity index (χ1n) is 8.00. The van der Waals surface area contributed by atoms with Crippen LogP contribution in [0.3, 0.4) is 0 Å². The Labute approximate surface area is 132 Å². The number of piperidine rings is 1. The highest BCUT2D eigenvalue weighted by Gasteiger charge is 2.21. The van der Waals surface area contributed by atoms with Gasteiger partial charge in [0.25, 0.3) is 0 Å². The Balaban J connectivity index is 1.84. The van der Waals surface area contributed by atoms with Crippen LogP contribution in [0.5, 0.6) is 0 Å². The fourth-order valence-corrected chi connectivity index (χ4v) is 3.26. The summed E-state index contributed by atoms with van der Waals surface area (Å²) in [5, 5.41) is 9.06. The molecule has 0 spiro atoms. The Hall–Kier alpha value is -1.07. The molecule has 0 saturated carbocycles. The molecule has 21 heavy (non-hydrogen) atoms. The van der Waals surface area contributed by atoms with Crippen molar-refractivity contribution in [1.29, 1.82) is 0 Å². The number of rotatable bonds is 5. The van der Waals surface area contributed by atoms with Crippen LogP contribution < -0.4 is 10.6 Å². The molecule has 1 aromatic rings. The van der Waals surface area contributed by atoms with Gasteiger partial charge in [0.05, 0.1) is 6.54 Å². The SMILES string of the molecule is CCNC(=NCc1cccs1)NC1CCN(C(C)C)CC1. The summed E-state index contributed by atoms with van der Waals surface area (Å²) in [5.41, 5.74) is 0. The number of nitrogens with one attached hydrogen (secondary N) is 2. The standard InChI is InChI=1S/C16H28N4S/c1-4-17-16(18-12-15-6-5-11-21-15)19-14-7-9-20(10-8-14)13(2)3/h5-6,11,13-14H,4,7-10,12H2,1-3H3,(H2,17,18,19). The van der Waals surface area contributed by atoms with E-state index in [1.54, 1.807) is 11.3 Å². The van der Waals surface area contributed by atoms with Crippen molar-refractivity contribution >= 4 is 17.3 Å². The molecule has 1 saturated heterocycles. The fraction of sp³-hybridized carbons (Fsp3) is 0.688. The largest absolute Gasteiger partial charge is 0.357 e. The number of guanidine groups is 1. The molecule has 0 radical (unpaired) electrons. The zero-order valence-corrected chi connectivity index (χ0v) is 14.2. The Bertz CT molecular complexity index is 419. The minimum atomic E-state index is 0.543. The predicted molar refractivity (Wildman–Crippen MR) is 92.0 cm³/mol. The predicted octanol–water partition coefficient (Wildman–Crippen LogP) is 2.68. The number of hydrogen-bond donors (Lipinski definition) is 2. The summed E-state index contributed by atoms with van der Waals surface area (Å²) in [6.45, 7) is 10.7. The van der Waals surface area contributed by atoms with Gasteiger partial charge in [-0.15, -0.1) is 11.3 Å². The Morgan fingerprint density at radius 1 is 1.43 bits per heavy atom. The van der Waals surface area contributed by atoms with E-state index in [1.165, 1.54) is 30.8 Å². The summed E-state index contributed by atoms with van der Waals surface area (Å²) >= 11 is 1.76. The van der Waals surface area contributed by atoms with Crippen molar-refractivity contribution in [2.45, 2.75) is 52.2 Å². The number of thiophene rings is 1. The van der Waals surface area contributed by atoms with E-state index in [2.05, 4.69) is 53.8 Å². The molecule has 1 fully saturated rings. The van der Waals surface area contributed by atoms with Crippen LogP contribution in [0.4, 0.5) is 0 Å². The van der Waals surface area contributed by atoms with Crippen molar-refractivity contribution in [3.8, 4) is 0 Å². The van der Waals surface area contributed by atoms with E-state index in [4.69, 9.17) is 4.99 Å². The lowest BCUT2D eigenvalue weighted by Gasteiger charge is -2.35. The molecule has 1 aliphatic heterocycles. The molecular weight excluding hydrogens is 280 g/mol. The zero-order valence-electron chi connectivity index (χ0n) is 13.4. The van der Waals surface area contributed by atoms with Gasteiger partial charge in [-0.25, -0.2) is 4.99 Å². The Morgan fingerprint density at radius 2 is 2.19 bits per heavy atom. The van der Waals surface area contributed by atoms with E-state index in [1.807, 2.05) is 0 Å². The maximum Gasteiger partial charge on any atom is 0.191 e. The fourth-order valence-electron chi connectivity index (χ4n) is 2.63. The van der Waals surface area contributed by atoms with Gasteiger partial charge in [0.15, 0.2) is 5.96 Å². The third-order valence-corrected chi connectivity index (χ3v) is 4.78. The molecule has 2 heterocycles. The van der Waals surface area contributed by atoms with Gasteiger partial charge in [0, 0.05) is 36.6 Å². The minimum Gasteiger partial charge on any atom is -0.357 e. The lowest BCUT2D eigenvalue weighted by Crippen LogP contribution is -2.49. The second-order valence-electron chi connectivity index (χ2n) is 5.82. The molecule has 0 aromatic carbocycles. The van der Waals surface area contributed by atoms with E-state index in [0.717, 1.165) is 19.0 Å². The maximum absolute atomic E-state index is 4.70. The van der Waals surface area contributed by atoms with E-state index in [0.29, 0.717) is 12.1 Å². The second kappa shape index (κ2) is 8.39. The lowest BCUT2D eigenvalue weighted by atomic mass is 10.0. The molecule has 0 bridgehead atoms. The number of aliphatic imine (C=N–C) groups is 1. The van der Waals surface area contributed by atoms with Crippen molar-refractivity contribution in [2.24, 2.45) is 4.99 Å². The topological polar surface area (TPSA) is 39.7 Å². The summed E-state index contributed by atoms with van der Waals surface area (Å²) in [4.78, 5) is 8.55. The zero-order chi connectivity index (χ0) is 15.1. The minimum absolute atomic E-state index is 0.543. The van der Waals surface area contributed by atoms with Gasteiger partial charge in [-0.2, -0.15) is 0 Å². The molecular formula is C16H28N4S. The highest BCUT2D eigenvalue weighted by atomic mass is 32.1. The summed E-state index contributed by atoms with van der Waals surface area (Å²) in [6, 6.07) is 5.42. The smallest absolute Gasteiger partial charge is 0.191 e. The molecule has 5 heteroatoms. The summed E-state index contributed by atoms with van der Waals surface area (Å²) in [5.74, 6) is 0.953. The van der Waals surface area contributed by atoms with Gasteiger partial charge in [0.2, 0.25) is 0 Å². The van der Waals surface area contributed by atoms with Crippen molar-refractivity contribution in [2.75, 3.05) is 19.6 Å². The molecule has 2 N–H and O–H groups in total. The summed E-state index contributed by atoms with van der Waals surface area (Å²) in [6.07, 6.45) is 2.39. The van der Waals surface area contributed by atoms with Crippen LogP contribution in [0, 0.1) is 0 Å². The normalized spacial score (nSPS) is 18.2. The number of hydrogen-bond acceptors (Lipinski definition) is 3. The maximum atomic E-state index is 4.70. The van der Waals surface area contributed by atoms with Crippen LogP contribution >= 0.6 is 11.3 Å². The van der Waals surface area contributed by atoms with Crippen molar-refractivity contribution in [3.05, 3.63) is 22.4 Å². The first-order valence-corrected chi connectivity index (χ1v) is 8.88. The average molecular weight is 308 g/mol. The van der Waals surface area contributed by atoms with Gasteiger partial charge in [-0.05, 0) is 45.1 Å². The molecule has 4 nitrogen and oxygen atoms in total. The van der Waals surface area contributed by atoms with E-state index in [9.17, 15) is 0 Å². The van der Waals surface area contributed by atoms with Gasteiger partial charge >= 0.3 is 0 Å². The molecule has 0 aliphatic carbocycles. The summed E-state index contributed by atoms with van der Waals surface area (Å²) < 4.78 is 0. The third kappa shape index (κ3) is 5.32. The first kappa shape index (κ1) is 16.3. The Morgan fingerprint density at radius 3 is 2.76 bits per heavy atom. The molecule has 1 aromatic heterocycles. The van der Waals surface area contributed by atoms with Crippen LogP contribution in [-0.4, -0.2) is 42.6 Å². The lowest BCUT2D eigenvalue weighted by molar-refractivity contribution is 0.167. The number of nitrogens with zero attached hydrogens (tertiary/aromatic N) is 2. The molecule has 2 rings (SSSR count). The van der Waals surface area contributed by atoms with Gasteiger partial charge in [-0.1, -0.05) is 6.07 Å². The van der Waals surface area contributed by atoms with Crippen LogP contribution in [0.2, 0.25) is 0 Å². The molecule has 1 aliphatic rings. The van der Waals surface area contributed by atoms with Crippen LogP contribution in [0.15, 0.2) is 22.5 Å². The van der Waals surface area contributed by atoms with Gasteiger partial charge in [-0.3, -0.25) is 0 Å². The average Bonchev–Trinajstić information content (AvgIpc) is 2.99. The highest BCUT2D eigenvalue weighted by molar-refractivity contribution is 7.09. The van der Waals surface area contributed by atoms with E-state index >= 15 is 0 Å². The quantitative estimate of drug-likeness (QED) is 0.649. The van der Waals surface area contributed by atoms with Gasteiger partial charge < -0.3 is 15.5 Å². The van der Waals surface area contributed by atoms with Crippen LogP contribution in [0.25, 0.3) is 0 Å². The van der Waals surface area contributed by atoms with Crippen LogP contribution in [-0.2, 0) is 6.54 Å². The molecule has 0 atom stereocenters. The Kier molecular flexibility index (Phi) is 6.51. The third-order valence-electron chi connectivity index (χ3n) is 3.92. The summed E-state index contributed by atoms with van der Waals surface area (Å²) in [7, 11) is 0. The van der Waals surface area contributed by atoms with Crippen molar-refractivity contribution in [1.82, 2.24) is 15.5 Å². The molecule has 118 valence electrons. The van der Waals surface area contributed by atoms with Crippen molar-refractivity contribution < 1.29 is 0 Å². The highest BCUT2D eigenvalue weighted by Crippen LogP contribution is 2.13. The molecule has 0 amide bonds.